The Morgan fingerprint density at radius 3 is 2.75 bits per heavy atom. The van der Waals surface area contributed by atoms with Crippen LogP contribution in [-0.2, 0) is 16.0 Å². The molecule has 1 aliphatic heterocycles. The van der Waals surface area contributed by atoms with Crippen molar-refractivity contribution in [3.05, 3.63) is 40.7 Å². The van der Waals surface area contributed by atoms with Crippen LogP contribution in [0.5, 0.6) is 0 Å². The zero-order valence-corrected chi connectivity index (χ0v) is 14.9. The van der Waals surface area contributed by atoms with E-state index in [1.54, 1.807) is 17.5 Å². The maximum Gasteiger partial charge on any atom is 0.224 e. The number of amides is 1. The van der Waals surface area contributed by atoms with E-state index in [1.807, 2.05) is 23.6 Å². The molecule has 0 aliphatic carbocycles. The molecule has 0 unspecified atom stereocenters. The highest BCUT2D eigenvalue weighted by atomic mass is 32.1. The predicted molar refractivity (Wildman–Crippen MR) is 97.7 cm³/mol. The molecule has 0 aromatic carbocycles. The molecule has 2 atom stereocenters. The van der Waals surface area contributed by atoms with E-state index in [4.69, 9.17) is 4.74 Å². The van der Waals surface area contributed by atoms with Crippen LogP contribution in [0.2, 0.25) is 0 Å². The number of nitrogens with zero attached hydrogens (tertiary/aromatic N) is 2. The number of nitrogens with one attached hydrogen (secondary N) is 1. The number of rotatable bonds is 5. The topological polar surface area (TPSA) is 54.5 Å². The molecular weight excluding hydrogens is 322 g/mol. The zero-order chi connectivity index (χ0) is 16.9. The monoisotopic (exact) mass is 345 g/mol. The first-order valence-corrected chi connectivity index (χ1v) is 9.17. The Kier molecular flexibility index (Phi) is 5.48. The molecule has 0 radical (unpaired) electrons. The lowest BCUT2D eigenvalue weighted by Crippen LogP contribution is -2.45. The summed E-state index contributed by atoms with van der Waals surface area (Å²) >= 11 is 1.68. The van der Waals surface area contributed by atoms with E-state index >= 15 is 0 Å². The minimum Gasteiger partial charge on any atom is -0.372 e. The van der Waals surface area contributed by atoms with Gasteiger partial charge in [0.15, 0.2) is 0 Å². The standard InChI is InChI=1S/C18H23N3O2S/c1-13-11-21(12-14(2)23-13)17-7-5-15(10-19-17)20-18(22)8-6-16-4-3-9-24-16/h3-5,7,9-10,13-14H,6,8,11-12H2,1-2H3,(H,20,22)/t13-,14+. The van der Waals surface area contributed by atoms with Gasteiger partial charge in [-0.15, -0.1) is 11.3 Å². The lowest BCUT2D eigenvalue weighted by molar-refractivity contribution is -0.116. The Bertz CT molecular complexity index is 647. The molecule has 0 spiro atoms. The summed E-state index contributed by atoms with van der Waals surface area (Å²) < 4.78 is 5.75. The van der Waals surface area contributed by atoms with Crippen molar-refractivity contribution in [3.63, 3.8) is 0 Å². The summed E-state index contributed by atoms with van der Waals surface area (Å²) in [7, 11) is 0. The number of hydrogen-bond acceptors (Lipinski definition) is 5. The average molecular weight is 345 g/mol. The number of thiophene rings is 1. The third-order valence-electron chi connectivity index (χ3n) is 3.95. The van der Waals surface area contributed by atoms with Crippen molar-refractivity contribution >= 4 is 28.7 Å². The van der Waals surface area contributed by atoms with Crippen LogP contribution < -0.4 is 10.2 Å². The number of pyridine rings is 1. The number of carbonyl (C=O) groups excluding carboxylic acids is 1. The number of aryl methyl sites for hydroxylation is 1. The maximum atomic E-state index is 12.0. The van der Waals surface area contributed by atoms with Gasteiger partial charge in [-0.25, -0.2) is 4.98 Å². The van der Waals surface area contributed by atoms with E-state index in [1.165, 1.54) is 4.88 Å². The van der Waals surface area contributed by atoms with Gasteiger partial charge in [-0.05, 0) is 43.8 Å². The fourth-order valence-corrected chi connectivity index (χ4v) is 3.64. The van der Waals surface area contributed by atoms with Crippen LogP contribution in [0.4, 0.5) is 11.5 Å². The van der Waals surface area contributed by atoms with E-state index in [-0.39, 0.29) is 18.1 Å². The van der Waals surface area contributed by atoms with Crippen LogP contribution in [0.15, 0.2) is 35.8 Å². The number of hydrogen-bond donors (Lipinski definition) is 1. The van der Waals surface area contributed by atoms with Crippen molar-refractivity contribution in [2.45, 2.75) is 38.9 Å². The summed E-state index contributed by atoms with van der Waals surface area (Å²) in [6.45, 7) is 5.82. The van der Waals surface area contributed by atoms with Gasteiger partial charge in [0.1, 0.15) is 5.82 Å². The molecule has 1 amide bonds. The highest BCUT2D eigenvalue weighted by molar-refractivity contribution is 7.09. The molecular formula is C18H23N3O2S. The van der Waals surface area contributed by atoms with Gasteiger partial charge in [0.25, 0.3) is 0 Å². The smallest absolute Gasteiger partial charge is 0.224 e. The lowest BCUT2D eigenvalue weighted by Gasteiger charge is -2.36. The molecule has 3 rings (SSSR count). The summed E-state index contributed by atoms with van der Waals surface area (Å²) in [4.78, 5) is 20.0. The molecule has 1 aliphatic rings. The van der Waals surface area contributed by atoms with Crippen molar-refractivity contribution in [3.8, 4) is 0 Å². The number of morpholine rings is 1. The van der Waals surface area contributed by atoms with Crippen molar-refractivity contribution in [2.24, 2.45) is 0 Å². The molecule has 3 heterocycles. The van der Waals surface area contributed by atoms with Crippen LogP contribution in [-0.4, -0.2) is 36.2 Å². The molecule has 2 aromatic heterocycles. The molecule has 24 heavy (non-hydrogen) atoms. The number of anilines is 2. The average Bonchev–Trinajstić information content (AvgIpc) is 3.06. The molecule has 0 bridgehead atoms. The first kappa shape index (κ1) is 16.9. The molecule has 1 saturated heterocycles. The summed E-state index contributed by atoms with van der Waals surface area (Å²) in [5.41, 5.74) is 0.740. The molecule has 1 fully saturated rings. The normalized spacial score (nSPS) is 20.8. The SMILES string of the molecule is C[C@@H]1CN(c2ccc(NC(=O)CCc3cccs3)cn2)C[C@H](C)O1. The second-order valence-electron chi connectivity index (χ2n) is 6.19. The van der Waals surface area contributed by atoms with Gasteiger partial charge < -0.3 is 15.0 Å². The van der Waals surface area contributed by atoms with Gasteiger partial charge in [0, 0.05) is 24.4 Å². The molecule has 6 heteroatoms. The Morgan fingerprint density at radius 1 is 1.33 bits per heavy atom. The minimum atomic E-state index is 0.0200. The van der Waals surface area contributed by atoms with Crippen LogP contribution in [0.1, 0.15) is 25.1 Å². The Balaban J connectivity index is 1.53. The minimum absolute atomic E-state index is 0.0200. The van der Waals surface area contributed by atoms with E-state index in [9.17, 15) is 4.79 Å². The zero-order valence-electron chi connectivity index (χ0n) is 14.1. The van der Waals surface area contributed by atoms with Crippen molar-refractivity contribution in [1.29, 1.82) is 0 Å². The van der Waals surface area contributed by atoms with E-state index < -0.39 is 0 Å². The van der Waals surface area contributed by atoms with Crippen molar-refractivity contribution < 1.29 is 9.53 Å². The van der Waals surface area contributed by atoms with Crippen LogP contribution >= 0.6 is 11.3 Å². The summed E-state index contributed by atoms with van der Waals surface area (Å²) in [5, 5.41) is 4.94. The van der Waals surface area contributed by atoms with E-state index in [0.717, 1.165) is 31.0 Å². The molecule has 1 N–H and O–H groups in total. The van der Waals surface area contributed by atoms with E-state index in [0.29, 0.717) is 6.42 Å². The number of aromatic nitrogens is 1. The highest BCUT2D eigenvalue weighted by Gasteiger charge is 2.23. The lowest BCUT2D eigenvalue weighted by atomic mass is 10.2. The first-order chi connectivity index (χ1) is 11.6. The summed E-state index contributed by atoms with van der Waals surface area (Å²) in [6.07, 6.45) is 3.39. The van der Waals surface area contributed by atoms with Crippen molar-refractivity contribution in [2.75, 3.05) is 23.3 Å². The summed E-state index contributed by atoms with van der Waals surface area (Å²) in [6, 6.07) is 7.93. The van der Waals surface area contributed by atoms with Gasteiger partial charge in [-0.3, -0.25) is 4.79 Å². The third kappa shape index (κ3) is 4.55. The quantitative estimate of drug-likeness (QED) is 0.903. The first-order valence-electron chi connectivity index (χ1n) is 8.29. The summed E-state index contributed by atoms with van der Waals surface area (Å²) in [5.74, 6) is 0.945. The fraction of sp³-hybridized carbons (Fsp3) is 0.444. The van der Waals surface area contributed by atoms with Crippen LogP contribution in [0.25, 0.3) is 0 Å². The second kappa shape index (κ2) is 7.77. The third-order valence-corrected chi connectivity index (χ3v) is 4.89. The molecule has 2 aromatic rings. The van der Waals surface area contributed by atoms with Crippen LogP contribution in [0.3, 0.4) is 0 Å². The Morgan fingerprint density at radius 2 is 2.12 bits per heavy atom. The predicted octanol–water partition coefficient (Wildman–Crippen LogP) is 3.33. The van der Waals surface area contributed by atoms with Gasteiger partial charge >= 0.3 is 0 Å². The maximum absolute atomic E-state index is 12.0. The van der Waals surface area contributed by atoms with Gasteiger partial charge in [-0.1, -0.05) is 6.07 Å². The molecule has 5 nitrogen and oxygen atoms in total. The Labute approximate surface area is 146 Å². The fourth-order valence-electron chi connectivity index (χ4n) is 2.93. The molecule has 0 saturated carbocycles. The Hall–Kier alpha value is -1.92. The van der Waals surface area contributed by atoms with Gasteiger partial charge in [0.05, 0.1) is 24.1 Å². The number of ether oxygens (including phenoxy) is 1. The van der Waals surface area contributed by atoms with Gasteiger partial charge in [0.2, 0.25) is 5.91 Å². The molecule has 128 valence electrons. The van der Waals surface area contributed by atoms with Crippen molar-refractivity contribution in [1.82, 2.24) is 4.98 Å². The highest BCUT2D eigenvalue weighted by Crippen LogP contribution is 2.20. The van der Waals surface area contributed by atoms with Gasteiger partial charge in [-0.2, -0.15) is 0 Å². The van der Waals surface area contributed by atoms with Crippen LogP contribution in [0, 0.1) is 0 Å². The van der Waals surface area contributed by atoms with E-state index in [2.05, 4.69) is 35.1 Å². The number of carbonyl (C=O) groups is 1. The largest absolute Gasteiger partial charge is 0.372 e. The second-order valence-corrected chi connectivity index (χ2v) is 7.23.